The maximum atomic E-state index is 12.1. The van der Waals surface area contributed by atoms with Gasteiger partial charge < -0.3 is 10.4 Å². The van der Waals surface area contributed by atoms with Crippen molar-refractivity contribution >= 4 is 17.6 Å². The zero-order valence-corrected chi connectivity index (χ0v) is 12.2. The molecule has 1 aliphatic carbocycles. The molecule has 0 spiro atoms. The number of nitrogens with zero attached hydrogens (tertiary/aromatic N) is 1. The van der Waals surface area contributed by atoms with Gasteiger partial charge in [-0.1, -0.05) is 25.8 Å². The van der Waals surface area contributed by atoms with Gasteiger partial charge >= 0.3 is 5.97 Å². The van der Waals surface area contributed by atoms with Gasteiger partial charge in [-0.3, -0.25) is 14.9 Å². The van der Waals surface area contributed by atoms with Crippen molar-refractivity contribution in [2.75, 3.05) is 0 Å². The van der Waals surface area contributed by atoms with Gasteiger partial charge in [-0.25, -0.2) is 4.79 Å². The van der Waals surface area contributed by atoms with E-state index >= 15 is 0 Å². The summed E-state index contributed by atoms with van der Waals surface area (Å²) in [6.07, 6.45) is 2.85. The van der Waals surface area contributed by atoms with Crippen LogP contribution in [0.4, 0.5) is 5.69 Å². The van der Waals surface area contributed by atoms with Gasteiger partial charge in [0.05, 0.1) is 4.92 Å². The number of carboxylic acids is 1. The summed E-state index contributed by atoms with van der Waals surface area (Å²) in [4.78, 5) is 33.8. The topological polar surface area (TPSA) is 110 Å². The van der Waals surface area contributed by atoms with Gasteiger partial charge in [-0.15, -0.1) is 0 Å². The molecule has 7 heteroatoms. The summed E-state index contributed by atoms with van der Waals surface area (Å²) in [6.45, 7) is 1.79. The van der Waals surface area contributed by atoms with Crippen molar-refractivity contribution in [1.82, 2.24) is 5.32 Å². The first kappa shape index (κ1) is 15.9. The quantitative estimate of drug-likeness (QED) is 0.592. The van der Waals surface area contributed by atoms with Crippen molar-refractivity contribution in [1.29, 1.82) is 0 Å². The van der Waals surface area contributed by atoms with Crippen LogP contribution in [0.3, 0.4) is 0 Å². The highest BCUT2D eigenvalue weighted by atomic mass is 16.6. The minimum absolute atomic E-state index is 0.103. The van der Waals surface area contributed by atoms with Crippen molar-refractivity contribution in [3.8, 4) is 0 Å². The predicted octanol–water partition coefficient (Wildman–Crippen LogP) is 2.14. The Labute approximate surface area is 127 Å². The maximum Gasteiger partial charge on any atom is 0.326 e. The second kappa shape index (κ2) is 6.55. The van der Waals surface area contributed by atoms with Crippen molar-refractivity contribution in [2.24, 2.45) is 5.92 Å². The van der Waals surface area contributed by atoms with Gasteiger partial charge in [-0.05, 0) is 24.8 Å². The monoisotopic (exact) mass is 306 g/mol. The molecule has 0 aliphatic heterocycles. The van der Waals surface area contributed by atoms with Crippen LogP contribution < -0.4 is 5.32 Å². The van der Waals surface area contributed by atoms with E-state index in [-0.39, 0.29) is 11.3 Å². The smallest absolute Gasteiger partial charge is 0.326 e. The molecule has 2 N–H and O–H groups in total. The molecule has 1 unspecified atom stereocenters. The molecular formula is C15H18N2O5. The Kier molecular flexibility index (Phi) is 4.75. The molecule has 0 radical (unpaired) electrons. The molecule has 1 atom stereocenters. The Morgan fingerprint density at radius 1 is 1.45 bits per heavy atom. The van der Waals surface area contributed by atoms with E-state index < -0.39 is 22.8 Å². The van der Waals surface area contributed by atoms with Crippen LogP contribution >= 0.6 is 0 Å². The molecule has 1 fully saturated rings. The highest BCUT2D eigenvalue weighted by Gasteiger charge is 2.30. The van der Waals surface area contributed by atoms with E-state index in [0.29, 0.717) is 24.3 Å². The SMILES string of the molecule is CCc1ccc(C(=O)NC(CC2CC2)C(=O)O)cc1[N+](=O)[O-]. The third-order valence-corrected chi connectivity index (χ3v) is 3.79. The Bertz CT molecular complexity index is 610. The summed E-state index contributed by atoms with van der Waals surface area (Å²) in [5.41, 5.74) is 0.518. The standard InChI is InChI=1S/C15H18N2O5/c1-2-10-5-6-11(8-13(10)17(21)22)14(18)16-12(15(19)20)7-9-3-4-9/h5-6,8-9,12H,2-4,7H2,1H3,(H,16,18)(H,19,20). The molecule has 118 valence electrons. The Balaban J connectivity index is 2.15. The van der Waals surface area contributed by atoms with Gasteiger partial charge in [0.15, 0.2) is 0 Å². The summed E-state index contributed by atoms with van der Waals surface area (Å²) in [5.74, 6) is -1.34. The second-order valence-corrected chi connectivity index (χ2v) is 5.50. The van der Waals surface area contributed by atoms with Crippen LogP contribution in [0.25, 0.3) is 0 Å². The molecule has 0 saturated heterocycles. The first-order chi connectivity index (χ1) is 10.4. The number of nitrogens with one attached hydrogen (secondary N) is 1. The van der Waals surface area contributed by atoms with E-state index in [9.17, 15) is 19.7 Å². The Morgan fingerprint density at radius 2 is 2.14 bits per heavy atom. The van der Waals surface area contributed by atoms with E-state index in [2.05, 4.69) is 5.32 Å². The normalized spacial score (nSPS) is 15.1. The zero-order valence-electron chi connectivity index (χ0n) is 12.2. The molecule has 0 bridgehead atoms. The van der Waals surface area contributed by atoms with Crippen molar-refractivity contribution < 1.29 is 19.6 Å². The molecule has 1 aliphatic rings. The number of hydrogen-bond acceptors (Lipinski definition) is 4. The summed E-state index contributed by atoms with van der Waals surface area (Å²) in [7, 11) is 0. The number of carbonyl (C=O) groups is 2. The number of nitro groups is 1. The molecule has 22 heavy (non-hydrogen) atoms. The Morgan fingerprint density at radius 3 is 2.64 bits per heavy atom. The highest BCUT2D eigenvalue weighted by molar-refractivity contribution is 5.97. The van der Waals surface area contributed by atoms with Crippen molar-refractivity contribution in [2.45, 2.75) is 38.6 Å². The lowest BCUT2D eigenvalue weighted by atomic mass is 10.1. The van der Waals surface area contributed by atoms with Crippen molar-refractivity contribution in [3.63, 3.8) is 0 Å². The summed E-state index contributed by atoms with van der Waals surface area (Å²) in [5, 5.41) is 22.6. The van der Waals surface area contributed by atoms with Gasteiger partial charge in [0.1, 0.15) is 6.04 Å². The summed E-state index contributed by atoms with van der Waals surface area (Å²) < 4.78 is 0. The lowest BCUT2D eigenvalue weighted by Crippen LogP contribution is -2.41. The lowest BCUT2D eigenvalue weighted by molar-refractivity contribution is -0.385. The van der Waals surface area contributed by atoms with E-state index in [1.165, 1.54) is 18.2 Å². The average molecular weight is 306 g/mol. The number of carbonyl (C=O) groups excluding carboxylic acids is 1. The predicted molar refractivity (Wildman–Crippen MR) is 78.7 cm³/mol. The Hall–Kier alpha value is -2.44. The number of aryl methyl sites for hydroxylation is 1. The van der Waals surface area contributed by atoms with Crippen LogP contribution in [0, 0.1) is 16.0 Å². The molecule has 2 rings (SSSR count). The summed E-state index contributed by atoms with van der Waals surface area (Å²) >= 11 is 0. The molecule has 7 nitrogen and oxygen atoms in total. The molecular weight excluding hydrogens is 288 g/mol. The van der Waals surface area contributed by atoms with Crippen LogP contribution in [0.1, 0.15) is 42.1 Å². The van der Waals surface area contributed by atoms with Gasteiger partial charge in [-0.2, -0.15) is 0 Å². The van der Waals surface area contributed by atoms with Crippen LogP contribution in [-0.4, -0.2) is 27.9 Å². The fourth-order valence-corrected chi connectivity index (χ4v) is 2.32. The van der Waals surface area contributed by atoms with E-state index in [0.717, 1.165) is 12.8 Å². The maximum absolute atomic E-state index is 12.1. The molecule has 1 saturated carbocycles. The second-order valence-electron chi connectivity index (χ2n) is 5.50. The van der Waals surface area contributed by atoms with Crippen LogP contribution in [-0.2, 0) is 11.2 Å². The lowest BCUT2D eigenvalue weighted by Gasteiger charge is -2.14. The fraction of sp³-hybridized carbons (Fsp3) is 0.467. The van der Waals surface area contributed by atoms with E-state index in [1.807, 2.05) is 0 Å². The van der Waals surface area contributed by atoms with Crippen molar-refractivity contribution in [3.05, 3.63) is 39.4 Å². The minimum Gasteiger partial charge on any atom is -0.480 e. The molecule has 1 aromatic carbocycles. The molecule has 1 aromatic rings. The fourth-order valence-electron chi connectivity index (χ4n) is 2.32. The van der Waals surface area contributed by atoms with Crippen LogP contribution in [0.5, 0.6) is 0 Å². The minimum atomic E-state index is -1.08. The molecule has 0 aromatic heterocycles. The first-order valence-electron chi connectivity index (χ1n) is 7.23. The van der Waals surface area contributed by atoms with E-state index in [1.54, 1.807) is 6.92 Å². The molecule has 0 heterocycles. The zero-order chi connectivity index (χ0) is 16.3. The number of amides is 1. The van der Waals surface area contributed by atoms with Gasteiger partial charge in [0.2, 0.25) is 0 Å². The van der Waals surface area contributed by atoms with Crippen LogP contribution in [0.2, 0.25) is 0 Å². The summed E-state index contributed by atoms with van der Waals surface area (Å²) in [6, 6.07) is 3.26. The average Bonchev–Trinajstić information content (AvgIpc) is 3.29. The number of hydrogen-bond donors (Lipinski definition) is 2. The van der Waals surface area contributed by atoms with E-state index in [4.69, 9.17) is 5.11 Å². The number of carboxylic acid groups (broad SMARTS) is 1. The first-order valence-corrected chi connectivity index (χ1v) is 7.23. The number of benzene rings is 1. The highest BCUT2D eigenvalue weighted by Crippen LogP contribution is 2.33. The van der Waals surface area contributed by atoms with Gasteiger partial charge in [0.25, 0.3) is 11.6 Å². The number of aliphatic carboxylic acids is 1. The molecule has 1 amide bonds. The number of rotatable bonds is 7. The van der Waals surface area contributed by atoms with Gasteiger partial charge in [0, 0.05) is 17.2 Å². The number of nitro benzene ring substituents is 1. The van der Waals surface area contributed by atoms with Crippen LogP contribution in [0.15, 0.2) is 18.2 Å². The largest absolute Gasteiger partial charge is 0.480 e. The third-order valence-electron chi connectivity index (χ3n) is 3.79. The third kappa shape index (κ3) is 3.81.